The predicted molar refractivity (Wildman–Crippen MR) is 124 cm³/mol. The molecule has 152 valence electrons. The summed E-state index contributed by atoms with van der Waals surface area (Å²) >= 11 is 1.58. The summed E-state index contributed by atoms with van der Waals surface area (Å²) in [6.45, 7) is 2.13. The number of nitrogens with zero attached hydrogens (tertiary/aromatic N) is 5. The average Bonchev–Trinajstić information content (AvgIpc) is 2.60. The van der Waals surface area contributed by atoms with E-state index in [1.165, 1.54) is 0 Å². The molecule has 0 radical (unpaired) electrons. The van der Waals surface area contributed by atoms with Crippen molar-refractivity contribution in [3.8, 4) is 5.88 Å². The number of nitrogens with one attached hydrogen (secondary N) is 1. The van der Waals surface area contributed by atoms with Gasteiger partial charge in [0.15, 0.2) is 0 Å². The van der Waals surface area contributed by atoms with E-state index in [0.29, 0.717) is 18.4 Å². The van der Waals surface area contributed by atoms with Crippen molar-refractivity contribution in [3.63, 3.8) is 0 Å². The highest BCUT2D eigenvalue weighted by molar-refractivity contribution is 8.93. The molecule has 1 N–H and O–H groups in total. The third-order valence-electron chi connectivity index (χ3n) is 3.38. The molecule has 10 heteroatoms. The summed E-state index contributed by atoms with van der Waals surface area (Å²) in [6.07, 6.45) is 5.55. The second-order valence-corrected chi connectivity index (χ2v) is 6.80. The van der Waals surface area contributed by atoms with Crippen LogP contribution in [0, 0.1) is 0 Å². The second-order valence-electron chi connectivity index (χ2n) is 5.99. The molecular formula is C17H28Br2N6OS. The van der Waals surface area contributed by atoms with E-state index in [1.807, 2.05) is 51.5 Å². The van der Waals surface area contributed by atoms with Gasteiger partial charge in [-0.3, -0.25) is 4.98 Å². The van der Waals surface area contributed by atoms with Gasteiger partial charge in [-0.25, -0.2) is 0 Å². The number of anilines is 2. The van der Waals surface area contributed by atoms with E-state index >= 15 is 0 Å². The second kappa shape index (κ2) is 13.1. The molecule has 0 atom stereocenters. The van der Waals surface area contributed by atoms with Crippen LogP contribution < -0.4 is 15.0 Å². The predicted octanol–water partition coefficient (Wildman–Crippen LogP) is 3.37. The molecule has 2 aromatic heterocycles. The normalized spacial score (nSPS) is 10.0. The maximum atomic E-state index is 5.98. The molecule has 0 aromatic carbocycles. The first-order chi connectivity index (χ1) is 12.0. The van der Waals surface area contributed by atoms with Gasteiger partial charge in [0, 0.05) is 45.1 Å². The first-order valence-electron chi connectivity index (χ1n) is 8.05. The van der Waals surface area contributed by atoms with Gasteiger partial charge in [0.25, 0.3) is 0 Å². The van der Waals surface area contributed by atoms with Crippen LogP contribution in [-0.2, 0) is 6.61 Å². The highest BCUT2D eigenvalue weighted by Crippen LogP contribution is 2.34. The maximum absolute atomic E-state index is 5.98. The number of aromatic nitrogens is 3. The number of hydrogen-bond acceptors (Lipinski definition) is 8. The zero-order valence-electron chi connectivity index (χ0n) is 16.3. The molecule has 27 heavy (non-hydrogen) atoms. The largest absolute Gasteiger partial charge is 0.472 e. The summed E-state index contributed by atoms with van der Waals surface area (Å²) in [4.78, 5) is 18.2. The first kappa shape index (κ1) is 25.9. The Morgan fingerprint density at radius 2 is 1.89 bits per heavy atom. The van der Waals surface area contributed by atoms with Gasteiger partial charge < -0.3 is 19.9 Å². The summed E-state index contributed by atoms with van der Waals surface area (Å²) in [5.41, 5.74) is 1.00. The molecule has 0 aliphatic carbocycles. The van der Waals surface area contributed by atoms with E-state index in [1.54, 1.807) is 24.2 Å². The lowest BCUT2D eigenvalue weighted by molar-refractivity contribution is 0.285. The van der Waals surface area contributed by atoms with Crippen LogP contribution in [0.5, 0.6) is 5.88 Å². The van der Waals surface area contributed by atoms with E-state index in [0.717, 1.165) is 29.4 Å². The van der Waals surface area contributed by atoms with E-state index in [2.05, 4.69) is 25.2 Å². The Kier molecular flexibility index (Phi) is 12.6. The molecule has 0 saturated heterocycles. The van der Waals surface area contributed by atoms with Crippen molar-refractivity contribution in [2.75, 3.05) is 57.8 Å². The number of halogens is 2. The topological polar surface area (TPSA) is 66.4 Å². The van der Waals surface area contributed by atoms with E-state index in [9.17, 15) is 0 Å². The molecular weight excluding hydrogens is 496 g/mol. The van der Waals surface area contributed by atoms with Crippen LogP contribution in [0.4, 0.5) is 11.8 Å². The van der Waals surface area contributed by atoms with Crippen molar-refractivity contribution in [2.45, 2.75) is 11.5 Å². The number of ether oxygens (including phenoxy) is 1. The minimum atomic E-state index is 0. The van der Waals surface area contributed by atoms with E-state index in [-0.39, 0.29) is 34.0 Å². The molecule has 7 nitrogen and oxygen atoms in total. The lowest BCUT2D eigenvalue weighted by Crippen LogP contribution is -2.22. The van der Waals surface area contributed by atoms with Crippen LogP contribution in [-0.4, -0.2) is 67.4 Å². The molecule has 0 spiro atoms. The van der Waals surface area contributed by atoms with E-state index < -0.39 is 0 Å². The number of pyridine rings is 1. The molecule has 2 heterocycles. The first-order valence-corrected chi connectivity index (χ1v) is 9.27. The summed E-state index contributed by atoms with van der Waals surface area (Å²) < 4.78 is 5.98. The molecule has 0 aliphatic rings. The Morgan fingerprint density at radius 3 is 2.44 bits per heavy atom. The third kappa shape index (κ3) is 8.20. The van der Waals surface area contributed by atoms with Gasteiger partial charge in [0.1, 0.15) is 17.3 Å². The standard InChI is InChI=1S/C17H26N6OS.2BrH/c1-22(2)10-9-19-15-14(25-5)16(21-17(20-15)23(3)4)24-12-13-7-6-8-18-11-13;;/h6-8,11H,9-10,12H2,1-5H3,(H,19,20,21);2*1H. The van der Waals surface area contributed by atoms with E-state index in [4.69, 9.17) is 4.74 Å². The fourth-order valence-electron chi connectivity index (χ4n) is 2.05. The number of likely N-dealkylation sites (N-methyl/N-ethyl adjacent to an activating group) is 1. The van der Waals surface area contributed by atoms with Crippen molar-refractivity contribution < 1.29 is 4.74 Å². The number of rotatable bonds is 9. The highest BCUT2D eigenvalue weighted by Gasteiger charge is 2.16. The molecule has 0 fully saturated rings. The molecule has 2 rings (SSSR count). The van der Waals surface area contributed by atoms with Crippen molar-refractivity contribution in [1.29, 1.82) is 0 Å². The molecule has 0 saturated carbocycles. The summed E-state index contributed by atoms with van der Waals surface area (Å²) in [7, 11) is 7.93. The van der Waals surface area contributed by atoms with Crippen molar-refractivity contribution >= 4 is 57.5 Å². The van der Waals surface area contributed by atoms with Crippen LogP contribution >= 0.6 is 45.7 Å². The quantitative estimate of drug-likeness (QED) is 0.502. The Balaban J connectivity index is 0.00000338. The summed E-state index contributed by atoms with van der Waals surface area (Å²) in [6, 6.07) is 3.88. The van der Waals surface area contributed by atoms with Gasteiger partial charge in [0.05, 0.1) is 0 Å². The Morgan fingerprint density at radius 1 is 1.15 bits per heavy atom. The van der Waals surface area contributed by atoms with Crippen molar-refractivity contribution in [2.24, 2.45) is 0 Å². The maximum Gasteiger partial charge on any atom is 0.234 e. The molecule has 0 bridgehead atoms. The van der Waals surface area contributed by atoms with Crippen LogP contribution in [0.25, 0.3) is 0 Å². The highest BCUT2D eigenvalue weighted by atomic mass is 79.9. The minimum Gasteiger partial charge on any atom is -0.472 e. The lowest BCUT2D eigenvalue weighted by Gasteiger charge is -2.19. The average molecular weight is 524 g/mol. The summed E-state index contributed by atoms with van der Waals surface area (Å²) in [5.74, 6) is 2.00. The smallest absolute Gasteiger partial charge is 0.234 e. The Labute approximate surface area is 186 Å². The van der Waals surface area contributed by atoms with Gasteiger partial charge in [-0.1, -0.05) is 6.07 Å². The van der Waals surface area contributed by atoms with Gasteiger partial charge in [-0.2, -0.15) is 9.97 Å². The van der Waals surface area contributed by atoms with Gasteiger partial charge in [-0.05, 0) is 26.4 Å². The SMILES string of the molecule is Br.Br.CSc1c(NCCN(C)C)nc(N(C)C)nc1OCc1cccnc1. The zero-order valence-corrected chi connectivity index (χ0v) is 20.5. The van der Waals surface area contributed by atoms with Crippen LogP contribution in [0.1, 0.15) is 5.56 Å². The van der Waals surface area contributed by atoms with Crippen molar-refractivity contribution in [3.05, 3.63) is 30.1 Å². The number of thioether (sulfide) groups is 1. The fraction of sp³-hybridized carbons (Fsp3) is 0.471. The van der Waals surface area contributed by atoms with Gasteiger partial charge in [0.2, 0.25) is 11.8 Å². The number of hydrogen-bond donors (Lipinski definition) is 1. The molecule has 0 aliphatic heterocycles. The fourth-order valence-corrected chi connectivity index (χ4v) is 2.64. The molecule has 0 amide bonds. The van der Waals surface area contributed by atoms with Crippen LogP contribution in [0.2, 0.25) is 0 Å². The van der Waals surface area contributed by atoms with Crippen LogP contribution in [0.3, 0.4) is 0 Å². The monoisotopic (exact) mass is 522 g/mol. The lowest BCUT2D eigenvalue weighted by atomic mass is 10.3. The molecule has 0 unspecified atom stereocenters. The molecule has 2 aromatic rings. The van der Waals surface area contributed by atoms with Gasteiger partial charge in [-0.15, -0.1) is 45.7 Å². The van der Waals surface area contributed by atoms with Gasteiger partial charge >= 0.3 is 0 Å². The van der Waals surface area contributed by atoms with Crippen molar-refractivity contribution in [1.82, 2.24) is 19.9 Å². The third-order valence-corrected chi connectivity index (χ3v) is 4.15. The minimum absolute atomic E-state index is 0. The Bertz CT molecular complexity index is 676. The van der Waals surface area contributed by atoms with Crippen LogP contribution in [0.15, 0.2) is 29.4 Å². The zero-order chi connectivity index (χ0) is 18.2. The Hall–Kier alpha value is -1.10. The summed E-state index contributed by atoms with van der Waals surface area (Å²) in [5, 5.41) is 3.40.